The number of nitrogens with zero attached hydrogens (tertiary/aromatic N) is 4. The van der Waals surface area contributed by atoms with Gasteiger partial charge in [0.2, 0.25) is 11.8 Å². The van der Waals surface area contributed by atoms with Gasteiger partial charge in [0.1, 0.15) is 6.10 Å². The van der Waals surface area contributed by atoms with Gasteiger partial charge in [0.15, 0.2) is 0 Å². The van der Waals surface area contributed by atoms with E-state index < -0.39 is 0 Å². The Bertz CT molecular complexity index is 892. The van der Waals surface area contributed by atoms with Gasteiger partial charge in [-0.25, -0.2) is 0 Å². The molecule has 3 aromatic rings. The quantitative estimate of drug-likeness (QED) is 0.696. The predicted molar refractivity (Wildman–Crippen MR) is 99.3 cm³/mol. The summed E-state index contributed by atoms with van der Waals surface area (Å²) in [6.45, 7) is 1.19. The molecule has 3 heterocycles. The summed E-state index contributed by atoms with van der Waals surface area (Å²) in [6, 6.07) is 15.0. The number of aromatic nitrogens is 3. The van der Waals surface area contributed by atoms with Crippen LogP contribution in [0.2, 0.25) is 0 Å². The Balaban J connectivity index is 1.37. The van der Waals surface area contributed by atoms with Gasteiger partial charge < -0.3 is 18.9 Å². The zero-order chi connectivity index (χ0) is 18.6. The summed E-state index contributed by atoms with van der Waals surface area (Å²) in [5.41, 5.74) is 1.70. The van der Waals surface area contributed by atoms with E-state index in [1.807, 2.05) is 58.3 Å². The van der Waals surface area contributed by atoms with Crippen molar-refractivity contribution in [3.8, 4) is 17.4 Å². The monoisotopic (exact) mass is 364 g/mol. The van der Waals surface area contributed by atoms with Crippen molar-refractivity contribution in [3.05, 3.63) is 66.5 Å². The molecule has 27 heavy (non-hydrogen) atoms. The Morgan fingerprint density at radius 1 is 1.04 bits per heavy atom. The van der Waals surface area contributed by atoms with Crippen LogP contribution in [0, 0.1) is 0 Å². The fraction of sp³-hybridized carbons (Fsp3) is 0.250. The van der Waals surface area contributed by atoms with Crippen LogP contribution in [0.15, 0.2) is 60.9 Å². The number of ether oxygens (including phenoxy) is 2. The van der Waals surface area contributed by atoms with Gasteiger partial charge in [-0.2, -0.15) is 0 Å². The fourth-order valence-electron chi connectivity index (χ4n) is 3.12. The average Bonchev–Trinajstić information content (AvgIpc) is 3.41. The summed E-state index contributed by atoms with van der Waals surface area (Å²) in [7, 11) is 1.54. The molecule has 0 bridgehead atoms. The first-order valence-electron chi connectivity index (χ1n) is 8.80. The lowest BCUT2D eigenvalue weighted by Gasteiger charge is -2.17. The summed E-state index contributed by atoms with van der Waals surface area (Å²) in [5, 5.41) is 7.86. The van der Waals surface area contributed by atoms with E-state index in [0.717, 1.165) is 12.1 Å². The Morgan fingerprint density at radius 3 is 2.41 bits per heavy atom. The highest BCUT2D eigenvalue weighted by Crippen LogP contribution is 2.20. The maximum atomic E-state index is 12.7. The van der Waals surface area contributed by atoms with Crippen LogP contribution in [0.5, 0.6) is 11.8 Å². The molecule has 0 radical (unpaired) electrons. The molecule has 1 amide bonds. The third kappa shape index (κ3) is 3.76. The molecule has 1 aromatic carbocycles. The summed E-state index contributed by atoms with van der Waals surface area (Å²) in [4.78, 5) is 14.6. The minimum absolute atomic E-state index is 0.0148. The number of methoxy groups -OCH3 is 1. The zero-order valence-corrected chi connectivity index (χ0v) is 15.0. The van der Waals surface area contributed by atoms with E-state index in [9.17, 15) is 4.79 Å². The third-order valence-electron chi connectivity index (χ3n) is 4.56. The molecular formula is C20H20N4O3. The number of rotatable bonds is 5. The fourth-order valence-corrected chi connectivity index (χ4v) is 3.12. The molecule has 4 rings (SSSR count). The molecule has 1 unspecified atom stereocenters. The molecule has 1 fully saturated rings. The Hall–Kier alpha value is -3.35. The summed E-state index contributed by atoms with van der Waals surface area (Å²) in [5.74, 6) is 0.890. The number of amides is 1. The van der Waals surface area contributed by atoms with Gasteiger partial charge in [-0.3, -0.25) is 4.79 Å². The Labute approximate surface area is 157 Å². The molecule has 0 aliphatic carbocycles. The van der Waals surface area contributed by atoms with Gasteiger partial charge in [-0.15, -0.1) is 10.2 Å². The van der Waals surface area contributed by atoms with Crippen LogP contribution in [0.25, 0.3) is 5.69 Å². The number of carbonyl (C=O) groups is 1. The van der Waals surface area contributed by atoms with Crippen molar-refractivity contribution in [2.75, 3.05) is 20.2 Å². The molecule has 138 valence electrons. The molecule has 2 aromatic heterocycles. The summed E-state index contributed by atoms with van der Waals surface area (Å²) in [6.07, 6.45) is 4.62. The number of hydrogen-bond donors (Lipinski definition) is 0. The van der Waals surface area contributed by atoms with Crippen molar-refractivity contribution in [1.29, 1.82) is 0 Å². The number of hydrogen-bond acceptors (Lipinski definition) is 5. The molecule has 1 aliphatic heterocycles. The van der Waals surface area contributed by atoms with Crippen molar-refractivity contribution in [2.45, 2.75) is 12.5 Å². The molecule has 0 spiro atoms. The smallest absolute Gasteiger partial charge is 0.253 e. The second-order valence-corrected chi connectivity index (χ2v) is 6.33. The molecule has 7 heteroatoms. The lowest BCUT2D eigenvalue weighted by molar-refractivity contribution is 0.0771. The van der Waals surface area contributed by atoms with Crippen molar-refractivity contribution in [1.82, 2.24) is 19.7 Å². The first-order chi connectivity index (χ1) is 13.2. The lowest BCUT2D eigenvalue weighted by atomic mass is 10.2. The van der Waals surface area contributed by atoms with E-state index in [1.54, 1.807) is 12.1 Å². The van der Waals surface area contributed by atoms with Crippen LogP contribution in [0.4, 0.5) is 0 Å². The normalized spacial score (nSPS) is 16.3. The van der Waals surface area contributed by atoms with E-state index in [2.05, 4.69) is 10.2 Å². The van der Waals surface area contributed by atoms with Crippen molar-refractivity contribution in [3.63, 3.8) is 0 Å². The van der Waals surface area contributed by atoms with Gasteiger partial charge >= 0.3 is 0 Å². The van der Waals surface area contributed by atoms with Crippen LogP contribution >= 0.6 is 0 Å². The van der Waals surface area contributed by atoms with E-state index >= 15 is 0 Å². The van der Waals surface area contributed by atoms with Crippen LogP contribution in [-0.2, 0) is 0 Å². The SMILES string of the molecule is COc1ccc(OC2CCN(C(=O)c3ccc(-n4cccc4)cc3)C2)nn1. The second-order valence-electron chi connectivity index (χ2n) is 6.33. The first kappa shape index (κ1) is 17.1. The summed E-state index contributed by atoms with van der Waals surface area (Å²) < 4.78 is 12.8. The topological polar surface area (TPSA) is 69.5 Å². The largest absolute Gasteiger partial charge is 0.480 e. The van der Waals surface area contributed by atoms with Crippen molar-refractivity contribution in [2.24, 2.45) is 0 Å². The van der Waals surface area contributed by atoms with E-state index in [-0.39, 0.29) is 12.0 Å². The molecule has 1 aliphatic rings. The molecule has 1 atom stereocenters. The Kier molecular flexibility index (Phi) is 4.74. The number of carbonyl (C=O) groups excluding carboxylic acids is 1. The average molecular weight is 364 g/mol. The van der Waals surface area contributed by atoms with E-state index in [1.165, 1.54) is 7.11 Å². The molecular weight excluding hydrogens is 344 g/mol. The van der Waals surface area contributed by atoms with Crippen LogP contribution in [-0.4, -0.2) is 51.9 Å². The highest BCUT2D eigenvalue weighted by Gasteiger charge is 2.28. The maximum Gasteiger partial charge on any atom is 0.253 e. The zero-order valence-electron chi connectivity index (χ0n) is 15.0. The summed E-state index contributed by atoms with van der Waals surface area (Å²) >= 11 is 0. The predicted octanol–water partition coefficient (Wildman–Crippen LogP) is 2.57. The number of benzene rings is 1. The van der Waals surface area contributed by atoms with E-state index in [4.69, 9.17) is 9.47 Å². The van der Waals surface area contributed by atoms with Gasteiger partial charge in [-0.1, -0.05) is 0 Å². The third-order valence-corrected chi connectivity index (χ3v) is 4.56. The Morgan fingerprint density at radius 2 is 1.74 bits per heavy atom. The van der Waals surface area contributed by atoms with Gasteiger partial charge in [0.05, 0.1) is 13.7 Å². The molecule has 0 N–H and O–H groups in total. The highest BCUT2D eigenvalue weighted by atomic mass is 16.5. The first-order valence-corrected chi connectivity index (χ1v) is 8.80. The van der Waals surface area contributed by atoms with Crippen LogP contribution in [0.1, 0.15) is 16.8 Å². The van der Waals surface area contributed by atoms with Crippen LogP contribution < -0.4 is 9.47 Å². The van der Waals surface area contributed by atoms with Gasteiger partial charge in [0.25, 0.3) is 5.91 Å². The minimum atomic E-state index is -0.0872. The number of likely N-dealkylation sites (tertiary alicyclic amines) is 1. The van der Waals surface area contributed by atoms with Gasteiger partial charge in [0, 0.05) is 48.7 Å². The molecule has 1 saturated heterocycles. The lowest BCUT2D eigenvalue weighted by Crippen LogP contribution is -2.31. The van der Waals surface area contributed by atoms with Crippen molar-refractivity contribution < 1.29 is 14.3 Å². The second kappa shape index (κ2) is 7.49. The molecule has 0 saturated carbocycles. The highest BCUT2D eigenvalue weighted by molar-refractivity contribution is 5.94. The maximum absolute atomic E-state index is 12.7. The van der Waals surface area contributed by atoms with Gasteiger partial charge in [-0.05, 0) is 36.4 Å². The minimum Gasteiger partial charge on any atom is -0.480 e. The van der Waals surface area contributed by atoms with Crippen LogP contribution in [0.3, 0.4) is 0 Å². The van der Waals surface area contributed by atoms with E-state index in [0.29, 0.717) is 30.4 Å². The standard InChI is InChI=1S/C20H20N4O3/c1-26-18-8-9-19(22-21-18)27-17-10-13-24(14-17)20(25)15-4-6-16(7-5-15)23-11-2-3-12-23/h2-9,11-12,17H,10,13-14H2,1H3. The molecule has 7 nitrogen and oxygen atoms in total. The van der Waals surface area contributed by atoms with Crippen molar-refractivity contribution >= 4 is 5.91 Å².